The molecule has 0 spiro atoms. The van der Waals surface area contributed by atoms with E-state index in [4.69, 9.17) is 4.74 Å². The monoisotopic (exact) mass is 292 g/mol. The zero-order valence-corrected chi connectivity index (χ0v) is 13.0. The molecule has 0 unspecified atom stereocenters. The first kappa shape index (κ1) is 15.8. The fourth-order valence-corrected chi connectivity index (χ4v) is 2.38. The molecule has 0 bridgehead atoms. The first-order chi connectivity index (χ1) is 9.97. The number of carbonyl (C=O) groups is 1. The lowest BCUT2D eigenvalue weighted by atomic mass is 10.1. The van der Waals surface area contributed by atoms with Crippen LogP contribution in [-0.2, 0) is 4.79 Å². The fourth-order valence-electron chi connectivity index (χ4n) is 2.38. The van der Waals surface area contributed by atoms with E-state index in [1.807, 2.05) is 30.0 Å². The molecule has 1 aromatic carbocycles. The molecule has 5 nitrogen and oxygen atoms in total. The number of nitrogens with zero attached hydrogens (tertiary/aromatic N) is 2. The average molecular weight is 292 g/mol. The van der Waals surface area contributed by atoms with Crippen LogP contribution in [0.3, 0.4) is 0 Å². The van der Waals surface area contributed by atoms with Gasteiger partial charge in [0.05, 0.1) is 6.10 Å². The number of aryl methyl sites for hydroxylation is 1. The molecule has 1 fully saturated rings. The molecule has 0 saturated carbocycles. The van der Waals surface area contributed by atoms with E-state index >= 15 is 0 Å². The van der Waals surface area contributed by atoms with Gasteiger partial charge in [0, 0.05) is 26.2 Å². The van der Waals surface area contributed by atoms with Crippen LogP contribution in [0.25, 0.3) is 0 Å². The summed E-state index contributed by atoms with van der Waals surface area (Å²) in [6.45, 7) is 7.06. The highest BCUT2D eigenvalue weighted by molar-refractivity contribution is 5.78. The van der Waals surface area contributed by atoms with Crippen molar-refractivity contribution in [1.29, 1.82) is 0 Å². The van der Waals surface area contributed by atoms with E-state index in [0.29, 0.717) is 5.75 Å². The largest absolute Gasteiger partial charge is 0.484 e. The van der Waals surface area contributed by atoms with Crippen LogP contribution in [0.5, 0.6) is 5.75 Å². The lowest BCUT2D eigenvalue weighted by Crippen LogP contribution is -2.48. The molecule has 1 aromatic rings. The summed E-state index contributed by atoms with van der Waals surface area (Å²) in [7, 11) is 2.06. The molecule has 1 atom stereocenters. The van der Waals surface area contributed by atoms with Crippen LogP contribution in [0.1, 0.15) is 24.2 Å². The third kappa shape index (κ3) is 4.19. The van der Waals surface area contributed by atoms with Gasteiger partial charge in [0.2, 0.25) is 0 Å². The Morgan fingerprint density at radius 2 is 2.00 bits per heavy atom. The Balaban J connectivity index is 1.89. The lowest BCUT2D eigenvalue weighted by molar-refractivity contribution is -0.134. The van der Waals surface area contributed by atoms with Gasteiger partial charge in [0.25, 0.3) is 5.91 Å². The maximum atomic E-state index is 12.1. The smallest absolute Gasteiger partial charge is 0.260 e. The Bertz CT molecular complexity index is 494. The van der Waals surface area contributed by atoms with E-state index < -0.39 is 6.10 Å². The Labute approximate surface area is 126 Å². The van der Waals surface area contributed by atoms with E-state index in [0.717, 1.165) is 37.3 Å². The zero-order chi connectivity index (χ0) is 15.4. The van der Waals surface area contributed by atoms with Crippen molar-refractivity contribution >= 4 is 5.91 Å². The molecule has 1 aliphatic rings. The predicted molar refractivity (Wildman–Crippen MR) is 81.4 cm³/mol. The van der Waals surface area contributed by atoms with Crippen molar-refractivity contribution in [3.63, 3.8) is 0 Å². The third-order valence-electron chi connectivity index (χ3n) is 3.89. The maximum absolute atomic E-state index is 12.1. The van der Waals surface area contributed by atoms with Crippen molar-refractivity contribution in [2.45, 2.75) is 20.0 Å². The first-order valence-electron chi connectivity index (χ1n) is 7.35. The summed E-state index contributed by atoms with van der Waals surface area (Å²) in [5.41, 5.74) is 1.78. The molecule has 1 N–H and O–H groups in total. The van der Waals surface area contributed by atoms with Crippen molar-refractivity contribution in [1.82, 2.24) is 9.80 Å². The number of piperazine rings is 1. The summed E-state index contributed by atoms with van der Waals surface area (Å²) in [6.07, 6.45) is -0.496. The van der Waals surface area contributed by atoms with Gasteiger partial charge in [0.1, 0.15) is 5.75 Å². The number of amides is 1. The highest BCUT2D eigenvalue weighted by atomic mass is 16.5. The predicted octanol–water partition coefficient (Wildman–Crippen LogP) is 1.20. The van der Waals surface area contributed by atoms with Gasteiger partial charge in [0.15, 0.2) is 6.61 Å². The van der Waals surface area contributed by atoms with Crippen LogP contribution in [0, 0.1) is 6.92 Å². The third-order valence-corrected chi connectivity index (χ3v) is 3.89. The molecular weight excluding hydrogens is 268 g/mol. The summed E-state index contributed by atoms with van der Waals surface area (Å²) < 4.78 is 5.63. The van der Waals surface area contributed by atoms with Gasteiger partial charge >= 0.3 is 0 Å². The SMILES string of the molecule is Cc1cc([C@@H](C)O)ccc1OCC(=O)N1CCN(C)CC1. The van der Waals surface area contributed by atoms with Crippen molar-refractivity contribution in [3.05, 3.63) is 29.3 Å². The number of likely N-dealkylation sites (N-methyl/N-ethyl adjacent to an activating group) is 1. The molecule has 21 heavy (non-hydrogen) atoms. The van der Waals surface area contributed by atoms with Crippen molar-refractivity contribution in [2.75, 3.05) is 39.8 Å². The highest BCUT2D eigenvalue weighted by Crippen LogP contribution is 2.22. The molecule has 1 saturated heterocycles. The number of hydrogen-bond acceptors (Lipinski definition) is 4. The Kier molecular flexibility index (Phi) is 5.20. The molecular formula is C16H24N2O3. The number of aliphatic hydroxyl groups excluding tert-OH is 1. The summed E-state index contributed by atoms with van der Waals surface area (Å²) in [4.78, 5) is 16.2. The van der Waals surface area contributed by atoms with Crippen molar-refractivity contribution in [3.8, 4) is 5.75 Å². The lowest BCUT2D eigenvalue weighted by Gasteiger charge is -2.32. The number of carbonyl (C=O) groups excluding carboxylic acids is 1. The van der Waals surface area contributed by atoms with Crippen molar-refractivity contribution < 1.29 is 14.6 Å². The normalized spacial score (nSPS) is 17.6. The molecule has 1 amide bonds. The Morgan fingerprint density at radius 1 is 1.33 bits per heavy atom. The van der Waals surface area contributed by atoms with Gasteiger partial charge in [-0.3, -0.25) is 4.79 Å². The first-order valence-corrected chi connectivity index (χ1v) is 7.35. The van der Waals surface area contributed by atoms with Crippen LogP contribution in [0.2, 0.25) is 0 Å². The Morgan fingerprint density at radius 3 is 2.57 bits per heavy atom. The van der Waals surface area contributed by atoms with Crippen LogP contribution in [0.4, 0.5) is 0 Å². The molecule has 116 valence electrons. The van der Waals surface area contributed by atoms with E-state index in [2.05, 4.69) is 11.9 Å². The minimum atomic E-state index is -0.496. The second-order valence-electron chi connectivity index (χ2n) is 5.67. The van der Waals surface area contributed by atoms with E-state index in [1.165, 1.54) is 0 Å². The molecule has 0 aliphatic carbocycles. The summed E-state index contributed by atoms with van der Waals surface area (Å²) in [6, 6.07) is 5.53. The molecule has 2 rings (SSSR count). The van der Waals surface area contributed by atoms with Gasteiger partial charge in [-0.05, 0) is 44.2 Å². The average Bonchev–Trinajstić information content (AvgIpc) is 2.46. The topological polar surface area (TPSA) is 53.0 Å². The van der Waals surface area contributed by atoms with Crippen LogP contribution in [-0.4, -0.2) is 60.6 Å². The van der Waals surface area contributed by atoms with Gasteiger partial charge in [-0.25, -0.2) is 0 Å². The van der Waals surface area contributed by atoms with Gasteiger partial charge in [-0.2, -0.15) is 0 Å². The fraction of sp³-hybridized carbons (Fsp3) is 0.562. The number of benzene rings is 1. The van der Waals surface area contributed by atoms with Gasteiger partial charge in [-0.1, -0.05) is 6.07 Å². The molecule has 5 heteroatoms. The Hall–Kier alpha value is -1.59. The molecule has 0 aromatic heterocycles. The van der Waals surface area contributed by atoms with Crippen molar-refractivity contribution in [2.24, 2.45) is 0 Å². The summed E-state index contributed by atoms with van der Waals surface area (Å²) in [5.74, 6) is 0.726. The maximum Gasteiger partial charge on any atom is 0.260 e. The highest BCUT2D eigenvalue weighted by Gasteiger charge is 2.19. The van der Waals surface area contributed by atoms with Crippen LogP contribution in [0.15, 0.2) is 18.2 Å². The number of rotatable bonds is 4. The minimum Gasteiger partial charge on any atom is -0.484 e. The summed E-state index contributed by atoms with van der Waals surface area (Å²) in [5, 5.41) is 9.54. The van der Waals surface area contributed by atoms with Crippen LogP contribution >= 0.6 is 0 Å². The van der Waals surface area contributed by atoms with E-state index in [-0.39, 0.29) is 12.5 Å². The number of aliphatic hydroxyl groups is 1. The number of ether oxygens (including phenoxy) is 1. The minimum absolute atomic E-state index is 0.0297. The van der Waals surface area contributed by atoms with Crippen LogP contribution < -0.4 is 4.74 Å². The zero-order valence-electron chi connectivity index (χ0n) is 13.0. The second-order valence-corrected chi connectivity index (χ2v) is 5.67. The van der Waals surface area contributed by atoms with E-state index in [1.54, 1.807) is 6.92 Å². The molecule has 0 radical (unpaired) electrons. The van der Waals surface area contributed by atoms with E-state index in [9.17, 15) is 9.90 Å². The summed E-state index contributed by atoms with van der Waals surface area (Å²) >= 11 is 0. The second kappa shape index (κ2) is 6.91. The van der Waals surface area contributed by atoms with Gasteiger partial charge < -0.3 is 19.6 Å². The molecule has 1 aliphatic heterocycles. The van der Waals surface area contributed by atoms with Gasteiger partial charge in [-0.15, -0.1) is 0 Å². The quantitative estimate of drug-likeness (QED) is 0.906. The molecule has 1 heterocycles. The standard InChI is InChI=1S/C16H24N2O3/c1-12-10-14(13(2)19)4-5-15(12)21-11-16(20)18-8-6-17(3)7-9-18/h4-5,10,13,19H,6-9,11H2,1-3H3/t13-/m1/s1. The number of hydrogen-bond donors (Lipinski definition) is 1.